The van der Waals surface area contributed by atoms with Gasteiger partial charge in [-0.15, -0.1) is 0 Å². The van der Waals surface area contributed by atoms with E-state index in [0.29, 0.717) is 6.61 Å². The smallest absolute Gasteiger partial charge is 0.549 e. The van der Waals surface area contributed by atoms with Gasteiger partial charge in [0.2, 0.25) is 0 Å². The van der Waals surface area contributed by atoms with E-state index in [9.17, 15) is 68.1 Å². The second kappa shape index (κ2) is 24.2. The maximum absolute atomic E-state index is 10.4. The first-order chi connectivity index (χ1) is 17.6. The Morgan fingerprint density at radius 2 is 0.700 bits per heavy atom. The van der Waals surface area contributed by atoms with Crippen molar-refractivity contribution < 1.29 is 72.8 Å². The molecule has 0 saturated heterocycles. The fourth-order valence-corrected chi connectivity index (χ4v) is 2.27. The van der Waals surface area contributed by atoms with E-state index in [0.717, 1.165) is 41.5 Å². The Morgan fingerprint density at radius 3 is 0.775 bits per heavy atom. The van der Waals surface area contributed by atoms with Gasteiger partial charge in [-0.25, -0.2) is 0 Å². The maximum atomic E-state index is 10.4. The molecule has 0 heterocycles. The third-order valence-electron chi connectivity index (χ3n) is 3.84. The molecule has 0 unspecified atom stereocenters. The van der Waals surface area contributed by atoms with Gasteiger partial charge in [-0.05, 0) is 55.4 Å². The maximum Gasteiger partial charge on any atom is 3.00 e. The number of aliphatic carboxylic acids is 3. The molecule has 0 aliphatic heterocycles. The standard InChI is InChI=1S/3C6H8O4.C6H10O3.Al/c3*1-3(7)5(4(2)8)6(9)10;1-3-9-6(8)4-5(2)7;/h3*5H,1-2H3,(H,9,10);3-4H2,1-2H3;/q;;;;+3/p-3. The van der Waals surface area contributed by atoms with E-state index in [4.69, 9.17) is 0 Å². The minimum atomic E-state index is -1.62. The number of esters is 1. The third-order valence-corrected chi connectivity index (χ3v) is 3.84. The minimum Gasteiger partial charge on any atom is -0.549 e. The van der Waals surface area contributed by atoms with E-state index < -0.39 is 76.3 Å². The normalized spacial score (nSPS) is 9.07. The van der Waals surface area contributed by atoms with Crippen LogP contribution in [0.4, 0.5) is 0 Å². The van der Waals surface area contributed by atoms with Crippen molar-refractivity contribution in [2.45, 2.75) is 61.8 Å². The van der Waals surface area contributed by atoms with Gasteiger partial charge in [0.05, 0.1) is 24.5 Å². The Hall–Kier alpha value is -3.90. The van der Waals surface area contributed by atoms with Crippen LogP contribution in [0.2, 0.25) is 0 Å². The molecule has 40 heavy (non-hydrogen) atoms. The fourth-order valence-electron chi connectivity index (χ4n) is 2.27. The number of hydrogen-bond donors (Lipinski definition) is 0. The van der Waals surface area contributed by atoms with Crippen molar-refractivity contribution >= 4 is 81.7 Å². The zero-order chi connectivity index (χ0) is 32.2. The van der Waals surface area contributed by atoms with Crippen molar-refractivity contribution in [3.05, 3.63) is 0 Å². The van der Waals surface area contributed by atoms with Gasteiger partial charge in [-0.3, -0.25) is 38.4 Å². The predicted octanol–water partition coefficient (Wildman–Crippen LogP) is -4.26. The van der Waals surface area contributed by atoms with Gasteiger partial charge in [-0.2, -0.15) is 0 Å². The third kappa shape index (κ3) is 24.4. The van der Waals surface area contributed by atoms with E-state index in [2.05, 4.69) is 4.74 Å². The van der Waals surface area contributed by atoms with Gasteiger partial charge < -0.3 is 34.4 Å². The number of carboxylic acids is 3. The van der Waals surface area contributed by atoms with Gasteiger partial charge >= 0.3 is 23.3 Å². The molecule has 0 aliphatic rings. The summed E-state index contributed by atoms with van der Waals surface area (Å²) in [6.45, 7) is 9.66. The van der Waals surface area contributed by atoms with Crippen molar-refractivity contribution in [2.75, 3.05) is 6.61 Å². The zero-order valence-corrected chi connectivity index (χ0v) is 24.5. The molecule has 0 aliphatic carbocycles. The van der Waals surface area contributed by atoms with Crippen LogP contribution in [0.1, 0.15) is 61.8 Å². The molecule has 16 heteroatoms. The van der Waals surface area contributed by atoms with Crippen LogP contribution in [0.15, 0.2) is 0 Å². The quantitative estimate of drug-likeness (QED) is 0.119. The van der Waals surface area contributed by atoms with Gasteiger partial charge in [0.1, 0.15) is 64.7 Å². The number of hydrogen-bond acceptors (Lipinski definition) is 15. The second-order valence-electron chi connectivity index (χ2n) is 7.60. The summed E-state index contributed by atoms with van der Waals surface area (Å²) in [7, 11) is 0. The van der Waals surface area contributed by atoms with Crippen LogP contribution in [0.5, 0.6) is 0 Å². The van der Waals surface area contributed by atoms with Crippen molar-refractivity contribution in [3.63, 3.8) is 0 Å². The number of carboxylic acid groups (broad SMARTS) is 3. The summed E-state index contributed by atoms with van der Waals surface area (Å²) >= 11 is 0. The number of ketones is 7. The van der Waals surface area contributed by atoms with Crippen LogP contribution < -0.4 is 15.3 Å². The molecule has 0 amide bonds. The average molecular weight is 586 g/mol. The number of rotatable bonds is 12. The molecule has 0 aromatic heterocycles. The summed E-state index contributed by atoms with van der Waals surface area (Å²) in [5.41, 5.74) is 0. The Kier molecular flexibility index (Phi) is 27.8. The van der Waals surface area contributed by atoms with Crippen LogP contribution in [0.3, 0.4) is 0 Å². The molecule has 0 atom stereocenters. The van der Waals surface area contributed by atoms with Crippen molar-refractivity contribution in [2.24, 2.45) is 17.8 Å². The summed E-state index contributed by atoms with van der Waals surface area (Å²) < 4.78 is 4.49. The molecule has 0 spiro atoms. The summed E-state index contributed by atoms with van der Waals surface area (Å²) in [6.07, 6.45) is -0.103. The van der Waals surface area contributed by atoms with Gasteiger partial charge in [0, 0.05) is 0 Å². The zero-order valence-electron chi connectivity index (χ0n) is 23.3. The Morgan fingerprint density at radius 1 is 0.500 bits per heavy atom. The largest absolute Gasteiger partial charge is 3.00 e. The first-order valence-corrected chi connectivity index (χ1v) is 10.9. The van der Waals surface area contributed by atoms with Crippen LogP contribution in [0.25, 0.3) is 0 Å². The Balaban J connectivity index is -0.000000135. The Bertz CT molecular complexity index is 781. The monoisotopic (exact) mass is 586 g/mol. The molecular formula is C24H31AlO15. The molecule has 0 aromatic carbocycles. The van der Waals surface area contributed by atoms with E-state index in [1.54, 1.807) is 6.92 Å². The Labute approximate surface area is 240 Å². The van der Waals surface area contributed by atoms with Crippen molar-refractivity contribution in [1.29, 1.82) is 0 Å². The molecule has 15 nitrogen and oxygen atoms in total. The average Bonchev–Trinajstić information content (AvgIpc) is 2.65. The predicted molar refractivity (Wildman–Crippen MR) is 127 cm³/mol. The van der Waals surface area contributed by atoms with Crippen LogP contribution in [-0.4, -0.2) is 88.3 Å². The molecule has 0 saturated carbocycles. The SMILES string of the molecule is CC(=O)C(C(C)=O)C(=O)[O-].CC(=O)C(C(C)=O)C(=O)[O-].CC(=O)C(C(C)=O)C(=O)[O-].CCOC(=O)CC(C)=O.[Al+3]. The summed E-state index contributed by atoms with van der Waals surface area (Å²) in [5, 5.41) is 30.1. The summed E-state index contributed by atoms with van der Waals surface area (Å²) in [6, 6.07) is 0. The first kappa shape index (κ1) is 46.0. The van der Waals surface area contributed by atoms with Gasteiger partial charge in [0.25, 0.3) is 0 Å². The molecule has 220 valence electrons. The number of carbonyl (C=O) groups excluding carboxylic acids is 11. The van der Waals surface area contributed by atoms with E-state index >= 15 is 0 Å². The van der Waals surface area contributed by atoms with E-state index in [1.807, 2.05) is 0 Å². The van der Waals surface area contributed by atoms with E-state index in [-0.39, 0.29) is 29.6 Å². The van der Waals surface area contributed by atoms with E-state index in [1.165, 1.54) is 6.92 Å². The van der Waals surface area contributed by atoms with Crippen LogP contribution in [0, 0.1) is 17.8 Å². The van der Waals surface area contributed by atoms with Crippen LogP contribution in [-0.2, 0) is 57.5 Å². The number of carbonyl (C=O) groups is 11. The molecule has 0 aromatic rings. The molecule has 0 rings (SSSR count). The molecule has 0 radical (unpaired) electrons. The number of Topliss-reactive ketones (excluding diaryl/α,β-unsaturated/α-hetero) is 7. The molecule has 0 bridgehead atoms. The molecule has 0 N–H and O–H groups in total. The fraction of sp³-hybridized carbons (Fsp3) is 0.542. The first-order valence-electron chi connectivity index (χ1n) is 10.9. The minimum absolute atomic E-state index is 0. The summed E-state index contributed by atoms with van der Waals surface area (Å²) in [5.74, 6) is -14.3. The van der Waals surface area contributed by atoms with Gasteiger partial charge in [-0.1, -0.05) is 0 Å². The second-order valence-corrected chi connectivity index (χ2v) is 7.60. The number of ether oxygens (including phenoxy) is 1. The molecule has 0 fully saturated rings. The molecular weight excluding hydrogens is 555 g/mol. The topological polar surface area (TPSA) is 266 Å². The van der Waals surface area contributed by atoms with Gasteiger partial charge in [0.15, 0.2) is 0 Å². The van der Waals surface area contributed by atoms with Crippen molar-refractivity contribution in [1.82, 2.24) is 0 Å². The van der Waals surface area contributed by atoms with Crippen LogP contribution >= 0.6 is 0 Å². The van der Waals surface area contributed by atoms with Crippen molar-refractivity contribution in [3.8, 4) is 0 Å². The summed E-state index contributed by atoms with van der Waals surface area (Å²) in [4.78, 5) is 113.